The average molecular weight is 188 g/mol. The molecule has 72 valence electrons. The van der Waals surface area contributed by atoms with Crippen LogP contribution in [0.15, 0.2) is 24.6 Å². The summed E-state index contributed by atoms with van der Waals surface area (Å²) in [5.41, 5.74) is 0. The van der Waals surface area contributed by atoms with E-state index in [1.54, 1.807) is 0 Å². The molecule has 0 aliphatic carbocycles. The standard InChI is InChI=1S/C8H9FO4/c1-6(9)4-3-5-13-8(11)7(10)12-2/h3-4H,1,5H2,2H3/b4-3+. The summed E-state index contributed by atoms with van der Waals surface area (Å²) in [7, 11) is 1.06. The van der Waals surface area contributed by atoms with Gasteiger partial charge in [-0.3, -0.25) is 0 Å². The minimum absolute atomic E-state index is 0.198. The minimum Gasteiger partial charge on any atom is -0.461 e. The van der Waals surface area contributed by atoms with Crippen LogP contribution in [0, 0.1) is 0 Å². The fourth-order valence-corrected chi connectivity index (χ4v) is 0.442. The Hall–Kier alpha value is -1.65. The Balaban J connectivity index is 3.71. The summed E-state index contributed by atoms with van der Waals surface area (Å²) >= 11 is 0. The molecule has 0 spiro atoms. The average Bonchev–Trinajstić information content (AvgIpc) is 2.10. The number of carbonyl (C=O) groups is 2. The lowest BCUT2D eigenvalue weighted by Gasteiger charge is -1.97. The normalized spacial score (nSPS) is 9.69. The summed E-state index contributed by atoms with van der Waals surface area (Å²) in [5.74, 6) is -2.86. The van der Waals surface area contributed by atoms with Crippen LogP contribution in [0.3, 0.4) is 0 Å². The van der Waals surface area contributed by atoms with E-state index < -0.39 is 17.8 Å². The van der Waals surface area contributed by atoms with Crippen molar-refractivity contribution in [3.63, 3.8) is 0 Å². The molecule has 4 nitrogen and oxygen atoms in total. The fraction of sp³-hybridized carbons (Fsp3) is 0.250. The molecule has 0 saturated carbocycles. The fourth-order valence-electron chi connectivity index (χ4n) is 0.442. The van der Waals surface area contributed by atoms with Crippen molar-refractivity contribution in [2.24, 2.45) is 0 Å². The largest absolute Gasteiger partial charge is 0.461 e. The molecule has 0 fully saturated rings. The van der Waals surface area contributed by atoms with Crippen LogP contribution in [-0.2, 0) is 19.1 Å². The van der Waals surface area contributed by atoms with Crippen LogP contribution >= 0.6 is 0 Å². The SMILES string of the molecule is C=C(F)/C=C/COC(=O)C(=O)OC. The lowest BCUT2D eigenvalue weighted by molar-refractivity contribution is -0.165. The second kappa shape index (κ2) is 5.93. The Morgan fingerprint density at radius 1 is 1.46 bits per heavy atom. The quantitative estimate of drug-likeness (QED) is 0.372. The second-order valence-corrected chi connectivity index (χ2v) is 1.94. The van der Waals surface area contributed by atoms with Crippen molar-refractivity contribution < 1.29 is 23.5 Å². The molecule has 13 heavy (non-hydrogen) atoms. The Bertz CT molecular complexity index is 245. The van der Waals surface area contributed by atoms with Gasteiger partial charge >= 0.3 is 11.9 Å². The van der Waals surface area contributed by atoms with E-state index in [2.05, 4.69) is 16.1 Å². The number of methoxy groups -OCH3 is 1. The highest BCUT2D eigenvalue weighted by Crippen LogP contribution is 1.92. The maximum Gasteiger partial charge on any atom is 0.417 e. The number of ether oxygens (including phenoxy) is 2. The van der Waals surface area contributed by atoms with Crippen molar-refractivity contribution in [1.29, 1.82) is 0 Å². The zero-order valence-electron chi connectivity index (χ0n) is 7.08. The van der Waals surface area contributed by atoms with E-state index in [1.165, 1.54) is 6.08 Å². The number of rotatable bonds is 3. The molecule has 5 heteroatoms. The van der Waals surface area contributed by atoms with Crippen LogP contribution in [0.1, 0.15) is 0 Å². The van der Waals surface area contributed by atoms with E-state index in [0.717, 1.165) is 13.2 Å². The molecule has 0 amide bonds. The number of esters is 2. The molecule has 0 radical (unpaired) electrons. The first-order valence-corrected chi connectivity index (χ1v) is 3.34. The van der Waals surface area contributed by atoms with E-state index in [1.807, 2.05) is 0 Å². The zero-order chi connectivity index (χ0) is 10.3. The van der Waals surface area contributed by atoms with E-state index >= 15 is 0 Å². The first kappa shape index (κ1) is 11.4. The first-order valence-electron chi connectivity index (χ1n) is 3.34. The van der Waals surface area contributed by atoms with Gasteiger partial charge in [0.15, 0.2) is 0 Å². The van der Waals surface area contributed by atoms with E-state index in [0.29, 0.717) is 0 Å². The lowest BCUT2D eigenvalue weighted by atomic mass is 10.5. The Kier molecular flexibility index (Phi) is 5.18. The second-order valence-electron chi connectivity index (χ2n) is 1.94. The van der Waals surface area contributed by atoms with Crippen LogP contribution in [0.4, 0.5) is 4.39 Å². The van der Waals surface area contributed by atoms with E-state index in [9.17, 15) is 14.0 Å². The number of hydrogen-bond donors (Lipinski definition) is 0. The molecule has 0 rings (SSSR count). The maximum absolute atomic E-state index is 11.9. The van der Waals surface area contributed by atoms with Gasteiger partial charge in [-0.05, 0) is 12.2 Å². The summed E-state index contributed by atoms with van der Waals surface area (Å²) in [6, 6.07) is 0. The number of halogens is 1. The lowest BCUT2D eigenvalue weighted by Crippen LogP contribution is -2.18. The number of carbonyl (C=O) groups excluding carboxylic acids is 2. The highest BCUT2D eigenvalue weighted by atomic mass is 19.1. The van der Waals surface area contributed by atoms with Crippen LogP contribution in [0.2, 0.25) is 0 Å². The van der Waals surface area contributed by atoms with Crippen molar-refractivity contribution in [3.8, 4) is 0 Å². The van der Waals surface area contributed by atoms with Gasteiger partial charge < -0.3 is 9.47 Å². The molecule has 0 aromatic heterocycles. The molecule has 0 aromatic rings. The molecule has 0 aromatic carbocycles. The summed E-state index contributed by atoms with van der Waals surface area (Å²) in [6.45, 7) is 2.74. The Morgan fingerprint density at radius 3 is 2.54 bits per heavy atom. The predicted octanol–water partition coefficient (Wildman–Crippen LogP) is 0.742. The van der Waals surface area contributed by atoms with Gasteiger partial charge in [0.2, 0.25) is 0 Å². The van der Waals surface area contributed by atoms with Crippen molar-refractivity contribution in [2.45, 2.75) is 0 Å². The predicted molar refractivity (Wildman–Crippen MR) is 42.4 cm³/mol. The number of allylic oxidation sites excluding steroid dienone is 2. The van der Waals surface area contributed by atoms with Crippen molar-refractivity contribution in [3.05, 3.63) is 24.6 Å². The molecule has 0 saturated heterocycles. The maximum atomic E-state index is 11.9. The third-order valence-corrected chi connectivity index (χ3v) is 0.961. The summed E-state index contributed by atoms with van der Waals surface area (Å²) < 4.78 is 20.3. The van der Waals surface area contributed by atoms with Crippen LogP contribution < -0.4 is 0 Å². The minimum atomic E-state index is -1.11. The van der Waals surface area contributed by atoms with Gasteiger partial charge in [0.1, 0.15) is 12.4 Å². The molecular formula is C8H9FO4. The molecule has 0 aliphatic rings. The van der Waals surface area contributed by atoms with Gasteiger partial charge in [0.05, 0.1) is 7.11 Å². The van der Waals surface area contributed by atoms with Crippen molar-refractivity contribution in [2.75, 3.05) is 13.7 Å². The third-order valence-electron chi connectivity index (χ3n) is 0.961. The summed E-state index contributed by atoms with van der Waals surface area (Å²) in [4.78, 5) is 21.0. The van der Waals surface area contributed by atoms with Crippen molar-refractivity contribution >= 4 is 11.9 Å². The zero-order valence-corrected chi connectivity index (χ0v) is 7.08. The molecule has 0 N–H and O–H groups in total. The number of hydrogen-bond acceptors (Lipinski definition) is 4. The van der Waals surface area contributed by atoms with E-state index in [4.69, 9.17) is 0 Å². The monoisotopic (exact) mass is 188 g/mol. The smallest absolute Gasteiger partial charge is 0.417 e. The van der Waals surface area contributed by atoms with Gasteiger partial charge in [-0.25, -0.2) is 14.0 Å². The summed E-state index contributed by atoms with van der Waals surface area (Å²) in [5, 5.41) is 0. The molecular weight excluding hydrogens is 179 g/mol. The van der Waals surface area contributed by atoms with Crippen LogP contribution in [0.5, 0.6) is 0 Å². The molecule has 0 atom stereocenters. The van der Waals surface area contributed by atoms with Gasteiger partial charge in [-0.15, -0.1) is 0 Å². The van der Waals surface area contributed by atoms with Gasteiger partial charge in [0.25, 0.3) is 0 Å². The van der Waals surface area contributed by atoms with Gasteiger partial charge in [0, 0.05) is 0 Å². The highest BCUT2D eigenvalue weighted by Gasteiger charge is 2.13. The highest BCUT2D eigenvalue weighted by molar-refractivity contribution is 6.29. The molecule has 0 unspecified atom stereocenters. The first-order chi connectivity index (χ1) is 6.07. The van der Waals surface area contributed by atoms with Gasteiger partial charge in [-0.2, -0.15) is 0 Å². The third kappa shape index (κ3) is 5.60. The molecule has 0 aliphatic heterocycles. The van der Waals surface area contributed by atoms with Gasteiger partial charge in [-0.1, -0.05) is 6.58 Å². The van der Waals surface area contributed by atoms with Crippen LogP contribution in [0.25, 0.3) is 0 Å². The Labute approximate surface area is 74.6 Å². The Morgan fingerprint density at radius 2 is 2.08 bits per heavy atom. The van der Waals surface area contributed by atoms with E-state index in [-0.39, 0.29) is 6.61 Å². The van der Waals surface area contributed by atoms with Crippen molar-refractivity contribution in [1.82, 2.24) is 0 Å². The molecule has 0 bridgehead atoms. The summed E-state index contributed by atoms with van der Waals surface area (Å²) in [6.07, 6.45) is 2.23. The topological polar surface area (TPSA) is 52.6 Å². The molecule has 0 heterocycles. The van der Waals surface area contributed by atoms with Crippen LogP contribution in [-0.4, -0.2) is 25.7 Å².